The first kappa shape index (κ1) is 23.5. The van der Waals surface area contributed by atoms with Crippen LogP contribution in [0.5, 0.6) is 0 Å². The zero-order valence-corrected chi connectivity index (χ0v) is 21.2. The molecule has 0 saturated heterocycles. The van der Waals surface area contributed by atoms with Crippen molar-refractivity contribution in [2.75, 3.05) is 10.6 Å². The molecule has 0 aliphatic heterocycles. The Morgan fingerprint density at radius 2 is 1.00 bits per heavy atom. The van der Waals surface area contributed by atoms with Gasteiger partial charge in [0, 0.05) is 11.4 Å². The molecule has 0 fully saturated rings. The minimum absolute atomic E-state index is 0.750. The number of nitrogens with one attached hydrogen (secondary N) is 2. The van der Waals surface area contributed by atoms with Gasteiger partial charge in [-0.1, -0.05) is 65.1 Å². The molecule has 2 aromatic heterocycles. The fraction of sp³-hybridized carbons (Fsp3) is 0.0769. The zero-order valence-electron chi connectivity index (χ0n) is 19.6. The molecule has 0 amide bonds. The standard InChI is InChI=1S/C26H22N8S2/c1-17-23(33-31-19-10-5-3-6-11-19)35-25(27-17)29-21-14-9-15-22(16-21)30-26-28-18(2)24(36-26)34-32-20-12-7-4-8-13-20/h3-16H,1-2H3,(H,27,29)(H,28,30). The summed E-state index contributed by atoms with van der Waals surface area (Å²) in [6, 6.07) is 27.2. The normalized spacial score (nSPS) is 11.4. The highest BCUT2D eigenvalue weighted by molar-refractivity contribution is 7.19. The van der Waals surface area contributed by atoms with Crippen molar-refractivity contribution in [3.63, 3.8) is 0 Å². The Morgan fingerprint density at radius 1 is 0.556 bits per heavy atom. The smallest absolute Gasteiger partial charge is 0.189 e. The lowest BCUT2D eigenvalue weighted by Crippen LogP contribution is -1.93. The van der Waals surface area contributed by atoms with E-state index in [-0.39, 0.29) is 0 Å². The second-order valence-electron chi connectivity index (χ2n) is 7.72. The fourth-order valence-electron chi connectivity index (χ4n) is 3.19. The predicted molar refractivity (Wildman–Crippen MR) is 148 cm³/mol. The van der Waals surface area contributed by atoms with Gasteiger partial charge in [0.25, 0.3) is 0 Å². The lowest BCUT2D eigenvalue weighted by atomic mass is 10.3. The Bertz CT molecular complexity index is 1400. The van der Waals surface area contributed by atoms with Gasteiger partial charge in [0.2, 0.25) is 0 Å². The van der Waals surface area contributed by atoms with Crippen LogP contribution in [0.15, 0.2) is 105 Å². The molecular formula is C26H22N8S2. The third-order valence-corrected chi connectivity index (χ3v) is 6.85. The topological polar surface area (TPSA) is 99.3 Å². The highest BCUT2D eigenvalue weighted by atomic mass is 32.1. The largest absolute Gasteiger partial charge is 0.331 e. The molecule has 0 aliphatic rings. The number of aryl methyl sites for hydroxylation is 2. The summed E-state index contributed by atoms with van der Waals surface area (Å²) in [5.41, 5.74) is 5.07. The molecule has 0 atom stereocenters. The van der Waals surface area contributed by atoms with Crippen molar-refractivity contribution in [3.05, 3.63) is 96.3 Å². The fourth-order valence-corrected chi connectivity index (χ4v) is 4.81. The molecule has 10 heteroatoms. The lowest BCUT2D eigenvalue weighted by Gasteiger charge is -2.06. The summed E-state index contributed by atoms with van der Waals surface area (Å²) in [6.45, 7) is 3.85. The number of nitrogens with zero attached hydrogens (tertiary/aromatic N) is 6. The summed E-state index contributed by atoms with van der Waals surface area (Å²) in [5.74, 6) is 0. The van der Waals surface area contributed by atoms with E-state index in [1.54, 1.807) is 0 Å². The van der Waals surface area contributed by atoms with Gasteiger partial charge in [-0.2, -0.15) is 0 Å². The molecule has 178 valence electrons. The maximum atomic E-state index is 4.59. The van der Waals surface area contributed by atoms with Crippen LogP contribution in [0.3, 0.4) is 0 Å². The van der Waals surface area contributed by atoms with Crippen molar-refractivity contribution in [1.29, 1.82) is 0 Å². The van der Waals surface area contributed by atoms with Gasteiger partial charge >= 0.3 is 0 Å². The number of rotatable bonds is 8. The molecule has 0 unspecified atom stereocenters. The number of azo groups is 2. The van der Waals surface area contributed by atoms with Crippen LogP contribution in [0.1, 0.15) is 11.4 Å². The van der Waals surface area contributed by atoms with Gasteiger partial charge in [-0.25, -0.2) is 9.97 Å². The van der Waals surface area contributed by atoms with Gasteiger partial charge in [-0.3, -0.25) is 0 Å². The van der Waals surface area contributed by atoms with Crippen molar-refractivity contribution in [1.82, 2.24) is 9.97 Å². The second kappa shape index (κ2) is 11.0. The van der Waals surface area contributed by atoms with Crippen LogP contribution < -0.4 is 10.6 Å². The SMILES string of the molecule is Cc1nc(Nc2cccc(Nc3nc(C)c(N=Nc4ccccc4)s3)c2)sc1N=Nc1ccccc1. The van der Waals surface area contributed by atoms with Crippen molar-refractivity contribution < 1.29 is 0 Å². The van der Waals surface area contributed by atoms with Crippen LogP contribution in [0.2, 0.25) is 0 Å². The van der Waals surface area contributed by atoms with E-state index in [1.807, 2.05) is 98.8 Å². The average Bonchev–Trinajstić information content (AvgIpc) is 3.43. The Labute approximate surface area is 216 Å². The van der Waals surface area contributed by atoms with E-state index in [0.717, 1.165) is 54.4 Å². The molecular weight excluding hydrogens is 488 g/mol. The molecule has 8 nitrogen and oxygen atoms in total. The maximum Gasteiger partial charge on any atom is 0.189 e. The molecule has 2 N–H and O–H groups in total. The monoisotopic (exact) mass is 510 g/mol. The van der Waals surface area contributed by atoms with E-state index in [1.165, 1.54) is 22.7 Å². The van der Waals surface area contributed by atoms with E-state index in [2.05, 4.69) is 41.1 Å². The number of hydrogen-bond donors (Lipinski definition) is 2. The lowest BCUT2D eigenvalue weighted by molar-refractivity contribution is 1.19. The van der Waals surface area contributed by atoms with Gasteiger partial charge in [0.05, 0.1) is 22.8 Å². The Hall–Kier alpha value is -4.28. The summed E-state index contributed by atoms with van der Waals surface area (Å²) in [5, 5.41) is 27.1. The first-order valence-electron chi connectivity index (χ1n) is 11.1. The van der Waals surface area contributed by atoms with Gasteiger partial charge in [0.15, 0.2) is 20.3 Å². The Kier molecular flexibility index (Phi) is 7.15. The number of aromatic nitrogens is 2. The van der Waals surface area contributed by atoms with Crippen LogP contribution in [-0.2, 0) is 0 Å². The summed E-state index contributed by atoms with van der Waals surface area (Å²) in [6.07, 6.45) is 0. The average molecular weight is 511 g/mol. The van der Waals surface area contributed by atoms with Crippen molar-refractivity contribution >= 4 is 65.7 Å². The van der Waals surface area contributed by atoms with Gasteiger partial charge in [-0.15, -0.1) is 20.5 Å². The zero-order chi connectivity index (χ0) is 24.7. The van der Waals surface area contributed by atoms with Crippen LogP contribution in [0, 0.1) is 13.8 Å². The molecule has 5 rings (SSSR count). The van der Waals surface area contributed by atoms with Crippen molar-refractivity contribution in [3.8, 4) is 0 Å². The van der Waals surface area contributed by atoms with E-state index < -0.39 is 0 Å². The summed E-state index contributed by atoms with van der Waals surface area (Å²) < 4.78 is 0. The molecule has 0 bridgehead atoms. The van der Waals surface area contributed by atoms with Crippen molar-refractivity contribution in [2.24, 2.45) is 20.5 Å². The molecule has 0 spiro atoms. The quantitative estimate of drug-likeness (QED) is 0.203. The van der Waals surface area contributed by atoms with E-state index >= 15 is 0 Å². The van der Waals surface area contributed by atoms with Gasteiger partial charge < -0.3 is 10.6 Å². The van der Waals surface area contributed by atoms with Gasteiger partial charge in [-0.05, 0) is 56.3 Å². The number of thiazole rings is 2. The third kappa shape index (κ3) is 6.04. The molecule has 0 radical (unpaired) electrons. The van der Waals surface area contributed by atoms with Crippen LogP contribution in [0.4, 0.5) is 43.0 Å². The first-order valence-corrected chi connectivity index (χ1v) is 12.8. The highest BCUT2D eigenvalue weighted by Crippen LogP contribution is 2.36. The summed E-state index contributed by atoms with van der Waals surface area (Å²) in [7, 11) is 0. The van der Waals surface area contributed by atoms with Crippen LogP contribution in [0.25, 0.3) is 0 Å². The maximum absolute atomic E-state index is 4.59. The summed E-state index contributed by atoms with van der Waals surface area (Å²) in [4.78, 5) is 9.18. The second-order valence-corrected chi connectivity index (χ2v) is 9.68. The van der Waals surface area contributed by atoms with Crippen LogP contribution >= 0.6 is 22.7 Å². The van der Waals surface area contributed by atoms with Crippen LogP contribution in [-0.4, -0.2) is 9.97 Å². The molecule has 0 aliphatic carbocycles. The van der Waals surface area contributed by atoms with E-state index in [0.29, 0.717) is 0 Å². The van der Waals surface area contributed by atoms with Gasteiger partial charge in [0.1, 0.15) is 0 Å². The molecule has 0 saturated carbocycles. The molecule has 3 aromatic carbocycles. The predicted octanol–water partition coefficient (Wildman–Crippen LogP) is 9.53. The Morgan fingerprint density at radius 3 is 1.44 bits per heavy atom. The number of anilines is 4. The van der Waals surface area contributed by atoms with E-state index in [9.17, 15) is 0 Å². The number of hydrogen-bond acceptors (Lipinski definition) is 10. The minimum atomic E-state index is 0.750. The van der Waals surface area contributed by atoms with E-state index in [4.69, 9.17) is 0 Å². The third-order valence-electron chi connectivity index (χ3n) is 4.93. The summed E-state index contributed by atoms with van der Waals surface area (Å²) >= 11 is 2.91. The highest BCUT2D eigenvalue weighted by Gasteiger charge is 2.10. The minimum Gasteiger partial charge on any atom is -0.331 e. The first-order chi connectivity index (χ1) is 17.6. The Balaban J connectivity index is 1.26. The number of benzene rings is 3. The molecule has 5 aromatic rings. The molecule has 2 heterocycles. The molecule has 36 heavy (non-hydrogen) atoms. The van der Waals surface area contributed by atoms with Crippen molar-refractivity contribution in [2.45, 2.75) is 13.8 Å².